The highest BCUT2D eigenvalue weighted by molar-refractivity contribution is 7.80. The lowest BCUT2D eigenvalue weighted by atomic mass is 10.0. The molecule has 0 saturated carbocycles. The van der Waals surface area contributed by atoms with Gasteiger partial charge in [0, 0.05) is 24.2 Å². The van der Waals surface area contributed by atoms with E-state index in [0.717, 1.165) is 17.4 Å². The maximum Gasteiger partial charge on any atom is 0.170 e. The van der Waals surface area contributed by atoms with Crippen LogP contribution in [0.4, 0.5) is 0 Å². The number of pyridine rings is 1. The predicted octanol–water partition coefficient (Wildman–Crippen LogP) is 2.81. The average molecular weight is 333 g/mol. The summed E-state index contributed by atoms with van der Waals surface area (Å²) in [5.41, 5.74) is 2.27. The van der Waals surface area contributed by atoms with Crippen molar-refractivity contribution in [3.63, 3.8) is 0 Å². The zero-order valence-corrected chi connectivity index (χ0v) is 14.0. The Kier molecular flexibility index (Phi) is 4.71. The molecular weight excluding hydrogens is 314 g/mol. The maximum absolute atomic E-state index is 9.17. The number of thiocarbonyl (C=S) groups is 1. The number of aryl methyl sites for hydroxylation is 1. The van der Waals surface area contributed by atoms with Gasteiger partial charge >= 0.3 is 0 Å². The summed E-state index contributed by atoms with van der Waals surface area (Å²) in [5.74, 6) is 0. The van der Waals surface area contributed by atoms with Crippen LogP contribution in [-0.4, -0.2) is 33.3 Å². The molecule has 6 heteroatoms. The minimum Gasteiger partial charge on any atom is -0.396 e. The summed E-state index contributed by atoms with van der Waals surface area (Å²) in [7, 11) is 0. The lowest BCUT2D eigenvalue weighted by Gasteiger charge is -2.27. The van der Waals surface area contributed by atoms with Crippen molar-refractivity contribution in [2.45, 2.75) is 25.4 Å². The minimum absolute atomic E-state index is 0.0461. The number of aromatic nitrogens is 1. The molecule has 0 unspecified atom stereocenters. The van der Waals surface area contributed by atoms with E-state index >= 15 is 0 Å². The Hall–Kier alpha value is -1.50. The SMILES string of the molecule is Cc1ccsc1[C@H]1[C@H](c2ccccn2)NC(=S)N1CCCO. The number of nitrogens with one attached hydrogen (secondary N) is 1. The fraction of sp³-hybridized carbons (Fsp3) is 0.375. The Morgan fingerprint density at radius 3 is 2.91 bits per heavy atom. The first-order valence-electron chi connectivity index (χ1n) is 7.35. The molecule has 2 aromatic heterocycles. The Bertz CT molecular complexity index is 644. The summed E-state index contributed by atoms with van der Waals surface area (Å²) in [6, 6.07) is 8.28. The largest absolute Gasteiger partial charge is 0.396 e. The molecule has 1 aliphatic heterocycles. The first-order chi connectivity index (χ1) is 10.7. The van der Waals surface area contributed by atoms with Gasteiger partial charge in [-0.15, -0.1) is 11.3 Å². The number of aliphatic hydroxyl groups is 1. The van der Waals surface area contributed by atoms with E-state index in [-0.39, 0.29) is 18.7 Å². The minimum atomic E-state index is 0.0461. The first kappa shape index (κ1) is 15.4. The normalized spacial score (nSPS) is 21.2. The number of aliphatic hydroxyl groups excluding tert-OH is 1. The van der Waals surface area contributed by atoms with Crippen molar-refractivity contribution in [2.24, 2.45) is 0 Å². The standard InChI is InChI=1S/C16H19N3OS2/c1-11-6-10-22-15(11)14-13(12-5-2-3-7-17-12)18-16(21)19(14)8-4-9-20/h2-3,5-7,10,13-14,20H,4,8-9H2,1H3,(H,18,21)/t13-,14+/m0/s1. The fourth-order valence-electron chi connectivity index (χ4n) is 2.86. The van der Waals surface area contributed by atoms with Gasteiger partial charge in [-0.2, -0.15) is 0 Å². The summed E-state index contributed by atoms with van der Waals surface area (Å²) in [5, 5.41) is 15.4. The Morgan fingerprint density at radius 1 is 1.41 bits per heavy atom. The van der Waals surface area contributed by atoms with E-state index in [1.54, 1.807) is 11.3 Å². The molecule has 3 rings (SSSR count). The third-order valence-corrected chi connectivity index (χ3v) is 5.37. The third-order valence-electron chi connectivity index (χ3n) is 3.93. The van der Waals surface area contributed by atoms with E-state index < -0.39 is 0 Å². The van der Waals surface area contributed by atoms with E-state index in [4.69, 9.17) is 17.3 Å². The van der Waals surface area contributed by atoms with Gasteiger partial charge in [-0.25, -0.2) is 0 Å². The van der Waals surface area contributed by atoms with Crippen molar-refractivity contribution < 1.29 is 5.11 Å². The van der Waals surface area contributed by atoms with E-state index in [1.165, 1.54) is 10.4 Å². The van der Waals surface area contributed by atoms with Gasteiger partial charge in [-0.3, -0.25) is 4.98 Å². The average Bonchev–Trinajstić information content (AvgIpc) is 3.09. The third kappa shape index (κ3) is 2.86. The molecular formula is C16H19N3OS2. The van der Waals surface area contributed by atoms with Gasteiger partial charge in [0.1, 0.15) is 0 Å². The molecule has 1 fully saturated rings. The van der Waals surface area contributed by atoms with Crippen molar-refractivity contribution in [1.82, 2.24) is 15.2 Å². The molecule has 22 heavy (non-hydrogen) atoms. The summed E-state index contributed by atoms with van der Waals surface area (Å²) in [4.78, 5) is 8.00. The molecule has 0 amide bonds. The van der Waals surface area contributed by atoms with Crippen LogP contribution in [0.3, 0.4) is 0 Å². The van der Waals surface area contributed by atoms with Crippen LogP contribution in [0, 0.1) is 6.92 Å². The van der Waals surface area contributed by atoms with Gasteiger partial charge in [0.05, 0.1) is 17.8 Å². The van der Waals surface area contributed by atoms with Crippen molar-refractivity contribution >= 4 is 28.7 Å². The summed E-state index contributed by atoms with van der Waals surface area (Å²) in [6.07, 6.45) is 2.52. The first-order valence-corrected chi connectivity index (χ1v) is 8.64. The predicted molar refractivity (Wildman–Crippen MR) is 92.9 cm³/mol. The highest BCUT2D eigenvalue weighted by atomic mass is 32.1. The summed E-state index contributed by atoms with van der Waals surface area (Å²) >= 11 is 7.29. The van der Waals surface area contributed by atoms with Crippen LogP contribution in [0.15, 0.2) is 35.8 Å². The molecule has 0 spiro atoms. The van der Waals surface area contributed by atoms with Crippen LogP contribution < -0.4 is 5.32 Å². The second kappa shape index (κ2) is 6.73. The number of nitrogens with zero attached hydrogens (tertiary/aromatic N) is 2. The zero-order valence-electron chi connectivity index (χ0n) is 12.4. The molecule has 4 nitrogen and oxygen atoms in total. The topological polar surface area (TPSA) is 48.4 Å². The van der Waals surface area contributed by atoms with Crippen molar-refractivity contribution in [3.8, 4) is 0 Å². The Morgan fingerprint density at radius 2 is 2.27 bits per heavy atom. The molecule has 0 bridgehead atoms. The summed E-state index contributed by atoms with van der Waals surface area (Å²) < 4.78 is 0. The molecule has 2 atom stereocenters. The molecule has 0 radical (unpaired) electrons. The van der Waals surface area contributed by atoms with Crippen LogP contribution in [0.5, 0.6) is 0 Å². The quantitative estimate of drug-likeness (QED) is 0.824. The Balaban J connectivity index is 1.99. The fourth-order valence-corrected chi connectivity index (χ4v) is 4.27. The smallest absolute Gasteiger partial charge is 0.170 e. The van der Waals surface area contributed by atoms with Crippen LogP contribution in [-0.2, 0) is 0 Å². The van der Waals surface area contributed by atoms with E-state index in [9.17, 15) is 0 Å². The van der Waals surface area contributed by atoms with Crippen LogP contribution in [0.1, 0.15) is 34.6 Å². The molecule has 1 saturated heterocycles. The van der Waals surface area contributed by atoms with Crippen LogP contribution >= 0.6 is 23.6 Å². The van der Waals surface area contributed by atoms with Crippen LogP contribution in [0.2, 0.25) is 0 Å². The molecule has 3 heterocycles. The van der Waals surface area contributed by atoms with E-state index in [1.807, 2.05) is 24.4 Å². The summed E-state index contributed by atoms with van der Waals surface area (Å²) in [6.45, 7) is 3.05. The van der Waals surface area contributed by atoms with E-state index in [2.05, 4.69) is 33.6 Å². The van der Waals surface area contributed by atoms with Gasteiger partial charge in [-0.1, -0.05) is 6.07 Å². The van der Waals surface area contributed by atoms with Crippen LogP contribution in [0.25, 0.3) is 0 Å². The van der Waals surface area contributed by atoms with Gasteiger partial charge in [0.15, 0.2) is 5.11 Å². The molecule has 1 aliphatic rings. The number of thiophene rings is 1. The molecule has 0 aromatic carbocycles. The van der Waals surface area contributed by atoms with E-state index in [0.29, 0.717) is 6.42 Å². The molecule has 0 aliphatic carbocycles. The number of rotatable bonds is 5. The Labute approximate surface area is 139 Å². The second-order valence-corrected chi connectivity index (χ2v) is 6.70. The number of hydrogen-bond donors (Lipinski definition) is 2. The van der Waals surface area contributed by atoms with Gasteiger partial charge in [-0.05, 0) is 54.7 Å². The van der Waals surface area contributed by atoms with Crippen molar-refractivity contribution in [1.29, 1.82) is 0 Å². The maximum atomic E-state index is 9.17. The molecule has 2 aromatic rings. The second-order valence-electron chi connectivity index (χ2n) is 5.37. The molecule has 2 N–H and O–H groups in total. The van der Waals surface area contributed by atoms with Gasteiger partial charge in [0.25, 0.3) is 0 Å². The lowest BCUT2D eigenvalue weighted by molar-refractivity contribution is 0.248. The number of hydrogen-bond acceptors (Lipinski definition) is 4. The van der Waals surface area contributed by atoms with Crippen molar-refractivity contribution in [3.05, 3.63) is 52.0 Å². The lowest BCUT2D eigenvalue weighted by Crippen LogP contribution is -2.31. The zero-order chi connectivity index (χ0) is 15.5. The highest BCUT2D eigenvalue weighted by Gasteiger charge is 2.40. The van der Waals surface area contributed by atoms with Gasteiger partial charge in [0.2, 0.25) is 0 Å². The highest BCUT2D eigenvalue weighted by Crippen LogP contribution is 2.41. The van der Waals surface area contributed by atoms with Crippen molar-refractivity contribution in [2.75, 3.05) is 13.2 Å². The van der Waals surface area contributed by atoms with Gasteiger partial charge < -0.3 is 15.3 Å². The monoisotopic (exact) mass is 333 g/mol. The molecule has 116 valence electrons.